The number of aromatic nitrogens is 4. The lowest BCUT2D eigenvalue weighted by Crippen LogP contribution is -2.14. The van der Waals surface area contributed by atoms with E-state index in [4.69, 9.17) is 46.4 Å². The number of sulfone groups is 2. The molecule has 11 nitrogen and oxygen atoms in total. The number of aromatic amines is 1. The molecule has 0 fully saturated rings. The molecule has 470 valence electrons. The molecule has 4 heterocycles. The van der Waals surface area contributed by atoms with Crippen molar-refractivity contribution in [1.82, 2.24) is 19.5 Å². The average Bonchev–Trinajstić information content (AvgIpc) is 1.67. The van der Waals surface area contributed by atoms with Crippen LogP contribution in [0.2, 0.25) is 20.1 Å². The predicted molar refractivity (Wildman–Crippen MR) is 359 cm³/mol. The molecule has 7 aromatic carbocycles. The summed E-state index contributed by atoms with van der Waals surface area (Å²) in [6.45, 7) is 3.36. The number of nitrogens with zero attached hydrogens (tertiary/aromatic N) is 3. The third-order valence-electron chi connectivity index (χ3n) is 14.4. The van der Waals surface area contributed by atoms with Crippen molar-refractivity contribution in [2.45, 2.75) is 60.5 Å². The zero-order valence-corrected chi connectivity index (χ0v) is 51.2. The van der Waals surface area contributed by atoms with Crippen LogP contribution >= 0.6 is 46.4 Å². The van der Waals surface area contributed by atoms with Gasteiger partial charge < -0.3 is 4.98 Å². The molecule has 4 aromatic heterocycles. The molecule has 0 atom stereocenters. The largest absolute Gasteiger partial charge is 0.345 e. The highest BCUT2D eigenvalue weighted by molar-refractivity contribution is 7.90. The van der Waals surface area contributed by atoms with Crippen molar-refractivity contribution >= 4 is 106 Å². The van der Waals surface area contributed by atoms with Crippen LogP contribution in [-0.2, 0) is 31.2 Å². The van der Waals surface area contributed by atoms with Gasteiger partial charge in [0, 0.05) is 73.4 Å². The van der Waals surface area contributed by atoms with Crippen molar-refractivity contribution in [3.8, 4) is 44.5 Å². The fraction of sp³-hybridized carbons (Fsp3) is 0.157. The minimum atomic E-state index is -3.73. The molecule has 0 amide bonds. The van der Waals surface area contributed by atoms with E-state index in [1.165, 1.54) is 24.5 Å². The number of rotatable bonds is 17. The van der Waals surface area contributed by atoms with Crippen LogP contribution in [-0.4, -0.2) is 65.3 Å². The Kier molecular flexibility index (Phi) is 22.6. The predicted octanol–water partition coefficient (Wildman–Crippen LogP) is 19.1. The summed E-state index contributed by atoms with van der Waals surface area (Å²) < 4.78 is 112. The third-order valence-corrected chi connectivity index (χ3v) is 19.1. The molecular weight excluding hydrogens is 1290 g/mol. The quantitative estimate of drug-likeness (QED) is 0.0689. The Morgan fingerprint density at radius 3 is 1.30 bits per heavy atom. The van der Waals surface area contributed by atoms with Crippen LogP contribution in [0.4, 0.5) is 17.6 Å². The molecule has 0 saturated heterocycles. The lowest BCUT2D eigenvalue weighted by Gasteiger charge is -2.10. The van der Waals surface area contributed by atoms with Gasteiger partial charge in [-0.05, 0) is 107 Å². The Morgan fingerprint density at radius 1 is 0.484 bits per heavy atom. The van der Waals surface area contributed by atoms with Crippen molar-refractivity contribution in [1.29, 1.82) is 0 Å². The number of fused-ring (bicyclic) bond motifs is 2. The Morgan fingerprint density at radius 2 is 0.868 bits per heavy atom. The Hall–Kier alpha value is -8.29. The SMILES string of the molecule is C.C.C.CCCS(=O)(=O)Cc1ccc(F)c(C(=O)c2c[nH]c3ncc(-c4ccc(-c5ccc(Cl)cc5)cc4)cc23)c1F.CCCS(=O)(=O)Cc1ccc(F)c(C(=O)c2cn(C(=O)c3c(Cl)cccc3Cl)c3ncc(-c4ccc(-c5ccc(Cl)cc5)cc4)cc23)c1F. The average molecular weight is 1350 g/mol. The lowest BCUT2D eigenvalue weighted by molar-refractivity contribution is 0.0963. The molecule has 0 aliphatic carbocycles. The van der Waals surface area contributed by atoms with Gasteiger partial charge in [0.2, 0.25) is 11.6 Å². The molecule has 11 aromatic rings. The third kappa shape index (κ3) is 15.2. The standard InChI is InChI=1S/C37H25Cl3F2N2O4S.C30H23ClF2N2O3S.3CH4/c1-2-16-49(47,48)20-24-12-15-31(41)33(34(24)42)35(45)28-19-44(37(46)32-29(39)4-3-5-30(32)40)36-27(28)17-25(18-43-36)23-8-6-21(7-9-23)22-10-13-26(38)14-11-22;1-2-13-39(37,38)17-21-9-12-26(32)27(28(21)33)29(36)25-16-35-30-24(25)14-22(15-34-30)20-5-3-18(4-6-20)19-7-10-23(31)11-8-19;;;/h3-15,17-19H,2,16,20H2,1H3;3-12,14-16H,2,13,17H2,1H3,(H,34,35);3*1H4. The Bertz CT molecular complexity index is 4760. The van der Waals surface area contributed by atoms with E-state index in [2.05, 4.69) is 15.0 Å². The molecule has 91 heavy (non-hydrogen) atoms. The smallest absolute Gasteiger partial charge is 0.266 e. The first-order chi connectivity index (χ1) is 42.0. The van der Waals surface area contributed by atoms with Crippen molar-refractivity contribution < 1.29 is 48.8 Å². The van der Waals surface area contributed by atoms with E-state index in [1.54, 1.807) is 50.4 Å². The molecule has 0 saturated carbocycles. The maximum Gasteiger partial charge on any atom is 0.266 e. The van der Waals surface area contributed by atoms with E-state index < -0.39 is 83.0 Å². The van der Waals surface area contributed by atoms with Crippen LogP contribution in [0, 0.1) is 23.3 Å². The van der Waals surface area contributed by atoms with Crippen LogP contribution in [0.25, 0.3) is 66.6 Å². The number of carbonyl (C=O) groups excluding carboxylic acids is 3. The van der Waals surface area contributed by atoms with Gasteiger partial charge in [-0.15, -0.1) is 0 Å². The van der Waals surface area contributed by atoms with E-state index >= 15 is 13.2 Å². The Balaban J connectivity index is 0.000000256. The van der Waals surface area contributed by atoms with E-state index in [9.17, 15) is 35.6 Å². The van der Waals surface area contributed by atoms with Crippen LogP contribution < -0.4 is 0 Å². The number of benzene rings is 7. The molecule has 0 unspecified atom stereocenters. The number of hydrogen-bond donors (Lipinski definition) is 1. The number of pyridine rings is 2. The normalized spacial score (nSPS) is 11.3. The van der Waals surface area contributed by atoms with Crippen LogP contribution in [0.3, 0.4) is 0 Å². The summed E-state index contributed by atoms with van der Waals surface area (Å²) in [7, 11) is -7.34. The molecule has 11 rings (SSSR count). The highest BCUT2D eigenvalue weighted by Gasteiger charge is 2.31. The zero-order valence-electron chi connectivity index (χ0n) is 46.5. The van der Waals surface area contributed by atoms with Crippen LogP contribution in [0.5, 0.6) is 0 Å². The maximum absolute atomic E-state index is 15.9. The number of halogens is 8. The van der Waals surface area contributed by atoms with E-state index in [1.807, 2.05) is 84.9 Å². The minimum Gasteiger partial charge on any atom is -0.345 e. The molecule has 1 N–H and O–H groups in total. The number of ketones is 2. The first-order valence-corrected chi connectivity index (χ1v) is 32.3. The lowest BCUT2D eigenvalue weighted by atomic mass is 9.98. The molecular formula is C70H60Cl4F4N4O7S2. The van der Waals surface area contributed by atoms with Crippen LogP contribution in [0.1, 0.15) is 102 Å². The topological polar surface area (TPSA) is 166 Å². The monoisotopic (exact) mass is 1350 g/mol. The number of nitrogens with one attached hydrogen (secondary N) is 1. The van der Waals surface area contributed by atoms with Gasteiger partial charge in [-0.1, -0.05) is 174 Å². The van der Waals surface area contributed by atoms with Gasteiger partial charge in [0.15, 0.2) is 19.7 Å². The summed E-state index contributed by atoms with van der Waals surface area (Å²) in [5.74, 6) is -9.13. The Labute approximate surface area is 545 Å². The highest BCUT2D eigenvalue weighted by Crippen LogP contribution is 2.36. The van der Waals surface area contributed by atoms with Gasteiger partial charge >= 0.3 is 0 Å². The van der Waals surface area contributed by atoms with Gasteiger partial charge in [0.05, 0.1) is 55.3 Å². The van der Waals surface area contributed by atoms with Crippen LogP contribution in [0.15, 0.2) is 176 Å². The number of H-pyrrole nitrogens is 1. The first kappa shape index (κ1) is 70.2. The van der Waals surface area contributed by atoms with Gasteiger partial charge in [0.1, 0.15) is 34.6 Å². The highest BCUT2D eigenvalue weighted by atomic mass is 35.5. The van der Waals surface area contributed by atoms with Crippen molar-refractivity contribution in [3.05, 3.63) is 259 Å². The summed E-state index contributed by atoms with van der Waals surface area (Å²) in [6, 6.07) is 41.7. The maximum atomic E-state index is 15.9. The second-order valence-corrected chi connectivity index (χ2v) is 26.6. The van der Waals surface area contributed by atoms with Gasteiger partial charge in [-0.25, -0.2) is 44.4 Å². The molecule has 21 heteroatoms. The van der Waals surface area contributed by atoms with E-state index in [0.717, 1.165) is 62.8 Å². The summed E-state index contributed by atoms with van der Waals surface area (Å²) in [4.78, 5) is 53.1. The van der Waals surface area contributed by atoms with Gasteiger partial charge in [-0.3, -0.25) is 19.0 Å². The minimum absolute atomic E-state index is 0. The molecule has 0 radical (unpaired) electrons. The summed E-state index contributed by atoms with van der Waals surface area (Å²) in [5, 5.41) is 1.86. The summed E-state index contributed by atoms with van der Waals surface area (Å²) >= 11 is 24.7. The van der Waals surface area contributed by atoms with E-state index in [-0.39, 0.29) is 82.7 Å². The van der Waals surface area contributed by atoms with Gasteiger partial charge in [0.25, 0.3) is 5.91 Å². The molecule has 0 aliphatic rings. The summed E-state index contributed by atoms with van der Waals surface area (Å²) in [6.07, 6.45) is 6.31. The molecule has 0 spiro atoms. The number of carbonyl (C=O) groups is 3. The van der Waals surface area contributed by atoms with E-state index in [0.29, 0.717) is 50.6 Å². The fourth-order valence-corrected chi connectivity index (χ4v) is 13.8. The second kappa shape index (κ2) is 29.3. The number of hydrogen-bond acceptors (Lipinski definition) is 9. The second-order valence-electron chi connectivity index (χ2n) is 20.5. The first-order valence-electron chi connectivity index (χ1n) is 27.2. The van der Waals surface area contributed by atoms with Crippen molar-refractivity contribution in [3.63, 3.8) is 0 Å². The fourth-order valence-electron chi connectivity index (χ4n) is 10.1. The van der Waals surface area contributed by atoms with Crippen molar-refractivity contribution in [2.75, 3.05) is 11.5 Å². The summed E-state index contributed by atoms with van der Waals surface area (Å²) in [5.41, 5.74) is 4.43. The molecule has 0 aliphatic heterocycles. The molecule has 0 bridgehead atoms. The van der Waals surface area contributed by atoms with Crippen molar-refractivity contribution in [2.24, 2.45) is 0 Å². The zero-order chi connectivity index (χ0) is 62.8. The van der Waals surface area contributed by atoms with Gasteiger partial charge in [-0.2, -0.15) is 0 Å².